The van der Waals surface area contributed by atoms with Crippen molar-refractivity contribution in [3.8, 4) is 0 Å². The van der Waals surface area contributed by atoms with Crippen LogP contribution in [0.1, 0.15) is 13.3 Å². The minimum absolute atomic E-state index is 0.0640. The first-order chi connectivity index (χ1) is 4.56. The molecule has 1 rings (SSSR count). The number of nitrogens with zero attached hydrogens (tertiary/aromatic N) is 1. The summed E-state index contributed by atoms with van der Waals surface area (Å²) in [6, 6.07) is 0. The molecule has 1 atom stereocenters. The summed E-state index contributed by atoms with van der Waals surface area (Å²) >= 11 is 0. The Bertz CT molecular complexity index is 125. The van der Waals surface area contributed by atoms with Gasteiger partial charge in [0.05, 0.1) is 6.54 Å². The molecule has 0 bridgehead atoms. The molecule has 0 aliphatic carbocycles. The van der Waals surface area contributed by atoms with Crippen molar-refractivity contribution >= 4 is 0 Å². The third-order valence-corrected chi connectivity index (χ3v) is 2.10. The number of hydrogen-bond acceptors (Lipinski definition) is 1. The summed E-state index contributed by atoms with van der Waals surface area (Å²) < 4.78 is 25.6. The second kappa shape index (κ2) is 2.46. The summed E-state index contributed by atoms with van der Waals surface area (Å²) in [5.74, 6) is -2.86. The van der Waals surface area contributed by atoms with Gasteiger partial charge in [0.1, 0.15) is 0 Å². The third kappa shape index (κ3) is 1.29. The van der Waals surface area contributed by atoms with E-state index in [9.17, 15) is 8.78 Å². The summed E-state index contributed by atoms with van der Waals surface area (Å²) in [5.41, 5.74) is 0. The van der Waals surface area contributed by atoms with Crippen LogP contribution in [0.5, 0.6) is 0 Å². The summed E-state index contributed by atoms with van der Waals surface area (Å²) in [4.78, 5) is 1.69. The molecule has 0 aromatic carbocycles. The summed E-state index contributed by atoms with van der Waals surface area (Å²) in [6.07, 6.45) is 0.581. The average Bonchev–Trinajstić information content (AvgIpc) is 2.04. The lowest BCUT2D eigenvalue weighted by molar-refractivity contribution is -0.0268. The lowest BCUT2D eigenvalue weighted by atomic mass is 10.0. The quantitative estimate of drug-likeness (QED) is 0.547. The topological polar surface area (TPSA) is 3.24 Å². The standard InChI is InChI=1S/C7H13F2N/c1-3-6-4-10(2)5-7(6,8)9/h6H,3-5H2,1-2H3. The largest absolute Gasteiger partial charge is 0.300 e. The van der Waals surface area contributed by atoms with Crippen molar-refractivity contribution in [3.05, 3.63) is 0 Å². The lowest BCUT2D eigenvalue weighted by Crippen LogP contribution is -2.26. The molecule has 10 heavy (non-hydrogen) atoms. The van der Waals surface area contributed by atoms with Crippen molar-refractivity contribution in [3.63, 3.8) is 0 Å². The van der Waals surface area contributed by atoms with Gasteiger partial charge in [0.25, 0.3) is 5.92 Å². The van der Waals surface area contributed by atoms with Gasteiger partial charge in [-0.25, -0.2) is 8.78 Å². The minimum Gasteiger partial charge on any atom is -0.300 e. The fraction of sp³-hybridized carbons (Fsp3) is 1.00. The Morgan fingerprint density at radius 3 is 2.40 bits per heavy atom. The van der Waals surface area contributed by atoms with Crippen molar-refractivity contribution in [2.75, 3.05) is 20.1 Å². The van der Waals surface area contributed by atoms with Crippen LogP contribution in [-0.2, 0) is 0 Å². The maximum absolute atomic E-state index is 12.8. The average molecular weight is 149 g/mol. The van der Waals surface area contributed by atoms with E-state index in [1.165, 1.54) is 0 Å². The van der Waals surface area contributed by atoms with Crippen molar-refractivity contribution in [1.82, 2.24) is 4.90 Å². The molecule has 1 nitrogen and oxygen atoms in total. The van der Waals surface area contributed by atoms with Crippen LogP contribution in [0.4, 0.5) is 8.78 Å². The molecule has 1 aliphatic rings. The smallest absolute Gasteiger partial charge is 0.264 e. The van der Waals surface area contributed by atoms with Crippen molar-refractivity contribution in [2.45, 2.75) is 19.3 Å². The monoisotopic (exact) mass is 149 g/mol. The number of rotatable bonds is 1. The van der Waals surface area contributed by atoms with Gasteiger partial charge in [0, 0.05) is 12.5 Å². The van der Waals surface area contributed by atoms with Crippen LogP contribution in [0.25, 0.3) is 0 Å². The SMILES string of the molecule is CCC1CN(C)CC1(F)F. The van der Waals surface area contributed by atoms with Crippen LogP contribution in [0.2, 0.25) is 0 Å². The maximum Gasteiger partial charge on any atom is 0.264 e. The van der Waals surface area contributed by atoms with Gasteiger partial charge in [-0.05, 0) is 13.5 Å². The minimum atomic E-state index is -2.44. The zero-order valence-corrected chi connectivity index (χ0v) is 6.40. The number of hydrogen-bond donors (Lipinski definition) is 0. The molecule has 1 fully saturated rings. The summed E-state index contributed by atoms with van der Waals surface area (Å²) in [5, 5.41) is 0. The molecule has 0 amide bonds. The van der Waals surface area contributed by atoms with Gasteiger partial charge < -0.3 is 4.90 Å². The van der Waals surface area contributed by atoms with Gasteiger partial charge in [-0.2, -0.15) is 0 Å². The van der Waals surface area contributed by atoms with E-state index in [4.69, 9.17) is 0 Å². The molecule has 1 unspecified atom stereocenters. The van der Waals surface area contributed by atoms with Gasteiger partial charge in [0.2, 0.25) is 0 Å². The molecule has 0 aromatic rings. The number of likely N-dealkylation sites (tertiary alicyclic amines) is 1. The normalized spacial score (nSPS) is 33.0. The fourth-order valence-corrected chi connectivity index (χ4v) is 1.49. The lowest BCUT2D eigenvalue weighted by Gasteiger charge is -2.14. The molecular weight excluding hydrogens is 136 g/mol. The molecule has 0 N–H and O–H groups in total. The molecule has 0 saturated carbocycles. The van der Waals surface area contributed by atoms with E-state index in [2.05, 4.69) is 0 Å². The molecule has 60 valence electrons. The Morgan fingerprint density at radius 1 is 1.60 bits per heavy atom. The van der Waals surface area contributed by atoms with E-state index < -0.39 is 11.8 Å². The molecule has 1 aliphatic heterocycles. The molecule has 3 heteroatoms. The second-order valence-electron chi connectivity index (χ2n) is 3.06. The van der Waals surface area contributed by atoms with Gasteiger partial charge in [-0.3, -0.25) is 0 Å². The molecule has 1 saturated heterocycles. The van der Waals surface area contributed by atoms with E-state index in [0.29, 0.717) is 13.0 Å². The van der Waals surface area contributed by atoms with Crippen LogP contribution < -0.4 is 0 Å². The zero-order chi connectivity index (χ0) is 7.78. The van der Waals surface area contributed by atoms with Gasteiger partial charge in [-0.15, -0.1) is 0 Å². The van der Waals surface area contributed by atoms with Crippen LogP contribution in [-0.4, -0.2) is 31.0 Å². The fourth-order valence-electron chi connectivity index (χ4n) is 1.49. The Balaban J connectivity index is 2.58. The van der Waals surface area contributed by atoms with E-state index in [1.54, 1.807) is 11.9 Å². The zero-order valence-electron chi connectivity index (χ0n) is 6.40. The highest BCUT2D eigenvalue weighted by Crippen LogP contribution is 2.33. The number of halogens is 2. The van der Waals surface area contributed by atoms with Crippen molar-refractivity contribution in [1.29, 1.82) is 0 Å². The van der Waals surface area contributed by atoms with Crippen LogP contribution in [0, 0.1) is 5.92 Å². The Labute approximate surface area is 60.0 Å². The van der Waals surface area contributed by atoms with Crippen molar-refractivity contribution < 1.29 is 8.78 Å². The van der Waals surface area contributed by atoms with Crippen molar-refractivity contribution in [2.24, 2.45) is 5.92 Å². The first-order valence-electron chi connectivity index (χ1n) is 3.62. The maximum atomic E-state index is 12.8. The predicted octanol–water partition coefficient (Wildman–Crippen LogP) is 1.59. The Morgan fingerprint density at radius 2 is 2.20 bits per heavy atom. The third-order valence-electron chi connectivity index (χ3n) is 2.10. The van der Waals surface area contributed by atoms with E-state index in [-0.39, 0.29) is 6.54 Å². The highest BCUT2D eigenvalue weighted by Gasteiger charge is 2.45. The Hall–Kier alpha value is -0.180. The number of alkyl halides is 2. The molecule has 0 aromatic heterocycles. The highest BCUT2D eigenvalue weighted by atomic mass is 19.3. The van der Waals surface area contributed by atoms with Crippen LogP contribution in [0.3, 0.4) is 0 Å². The predicted molar refractivity (Wildman–Crippen MR) is 36.2 cm³/mol. The van der Waals surface area contributed by atoms with Gasteiger partial charge in [-0.1, -0.05) is 6.92 Å². The Kier molecular flexibility index (Phi) is 1.95. The summed E-state index contributed by atoms with van der Waals surface area (Å²) in [7, 11) is 1.74. The highest BCUT2D eigenvalue weighted by molar-refractivity contribution is 4.87. The first kappa shape index (κ1) is 7.92. The van der Waals surface area contributed by atoms with E-state index >= 15 is 0 Å². The molecular formula is C7H13F2N. The second-order valence-corrected chi connectivity index (χ2v) is 3.06. The van der Waals surface area contributed by atoms with Crippen LogP contribution in [0.15, 0.2) is 0 Å². The first-order valence-corrected chi connectivity index (χ1v) is 3.62. The molecule has 0 radical (unpaired) electrons. The molecule has 1 heterocycles. The van der Waals surface area contributed by atoms with Gasteiger partial charge >= 0.3 is 0 Å². The van der Waals surface area contributed by atoms with Gasteiger partial charge in [0.15, 0.2) is 0 Å². The van der Waals surface area contributed by atoms with E-state index in [0.717, 1.165) is 0 Å². The summed E-state index contributed by atoms with van der Waals surface area (Å²) in [6.45, 7) is 2.30. The van der Waals surface area contributed by atoms with Crippen LogP contribution >= 0.6 is 0 Å². The molecule has 0 spiro atoms. The van der Waals surface area contributed by atoms with E-state index in [1.807, 2.05) is 6.92 Å².